The summed E-state index contributed by atoms with van der Waals surface area (Å²) >= 11 is 5.86. The van der Waals surface area contributed by atoms with Crippen LogP contribution in [-0.4, -0.2) is 18.9 Å². The van der Waals surface area contributed by atoms with Crippen LogP contribution in [0, 0.1) is 5.82 Å². The molecule has 0 aliphatic rings. The summed E-state index contributed by atoms with van der Waals surface area (Å²) in [6.07, 6.45) is 0.584. The van der Waals surface area contributed by atoms with Gasteiger partial charge in [-0.3, -0.25) is 20.4 Å². The van der Waals surface area contributed by atoms with Crippen LogP contribution >= 0.6 is 11.6 Å². The third-order valence-corrected chi connectivity index (χ3v) is 3.51. The molecule has 0 aliphatic heterocycles. The van der Waals surface area contributed by atoms with Crippen LogP contribution < -0.4 is 15.6 Å². The van der Waals surface area contributed by atoms with Crippen LogP contribution in [0.5, 0.6) is 5.75 Å². The Morgan fingerprint density at radius 1 is 1.12 bits per heavy atom. The van der Waals surface area contributed by atoms with Crippen molar-refractivity contribution in [3.05, 3.63) is 64.4 Å². The summed E-state index contributed by atoms with van der Waals surface area (Å²) in [6.45, 7) is 0. The standard InChI is InChI=1S/C17H16ClFN2O3/c1-24-15-8-5-12(18)10-14(15)17(23)21-20-16(22)9-4-11-2-6-13(19)7-3-11/h2-3,5-8,10H,4,9H2,1H3,(H,20,22)(H,21,23). The van der Waals surface area contributed by atoms with E-state index in [2.05, 4.69) is 10.9 Å². The van der Waals surface area contributed by atoms with E-state index in [0.29, 0.717) is 17.2 Å². The largest absolute Gasteiger partial charge is 0.496 e. The molecule has 2 N–H and O–H groups in total. The molecule has 5 nitrogen and oxygen atoms in total. The van der Waals surface area contributed by atoms with E-state index in [1.807, 2.05) is 0 Å². The van der Waals surface area contributed by atoms with Gasteiger partial charge in [-0.15, -0.1) is 0 Å². The summed E-state index contributed by atoms with van der Waals surface area (Å²) in [6, 6.07) is 10.5. The van der Waals surface area contributed by atoms with Crippen LogP contribution in [-0.2, 0) is 11.2 Å². The van der Waals surface area contributed by atoms with E-state index in [-0.39, 0.29) is 23.7 Å². The Morgan fingerprint density at radius 3 is 2.50 bits per heavy atom. The fourth-order valence-electron chi connectivity index (χ4n) is 2.02. The van der Waals surface area contributed by atoms with Gasteiger partial charge in [0.25, 0.3) is 5.91 Å². The molecule has 0 atom stereocenters. The van der Waals surface area contributed by atoms with Crippen molar-refractivity contribution < 1.29 is 18.7 Å². The van der Waals surface area contributed by atoms with E-state index < -0.39 is 5.91 Å². The Bertz CT molecular complexity index is 735. The normalized spacial score (nSPS) is 10.1. The van der Waals surface area contributed by atoms with Crippen molar-refractivity contribution in [1.82, 2.24) is 10.9 Å². The number of hydrogen-bond acceptors (Lipinski definition) is 3. The average Bonchev–Trinajstić information content (AvgIpc) is 2.59. The van der Waals surface area contributed by atoms with Crippen molar-refractivity contribution in [3.8, 4) is 5.75 Å². The Hall–Kier alpha value is -2.60. The maximum absolute atomic E-state index is 12.8. The summed E-state index contributed by atoms with van der Waals surface area (Å²) in [7, 11) is 1.43. The van der Waals surface area contributed by atoms with Gasteiger partial charge in [-0.05, 0) is 42.3 Å². The second kappa shape index (κ2) is 8.31. The number of benzene rings is 2. The summed E-state index contributed by atoms with van der Waals surface area (Å²) in [5, 5.41) is 0.378. The van der Waals surface area contributed by atoms with Gasteiger partial charge in [0, 0.05) is 11.4 Å². The van der Waals surface area contributed by atoms with Gasteiger partial charge in [0.15, 0.2) is 0 Å². The second-order valence-corrected chi connectivity index (χ2v) is 5.41. The minimum absolute atomic E-state index is 0.151. The zero-order chi connectivity index (χ0) is 17.5. The monoisotopic (exact) mass is 350 g/mol. The zero-order valence-electron chi connectivity index (χ0n) is 12.9. The van der Waals surface area contributed by atoms with Crippen molar-refractivity contribution in [3.63, 3.8) is 0 Å². The van der Waals surface area contributed by atoms with Gasteiger partial charge in [0.05, 0.1) is 12.7 Å². The first kappa shape index (κ1) is 17.7. The lowest BCUT2D eigenvalue weighted by Crippen LogP contribution is -2.41. The molecule has 0 spiro atoms. The van der Waals surface area contributed by atoms with Gasteiger partial charge in [-0.1, -0.05) is 23.7 Å². The second-order valence-electron chi connectivity index (χ2n) is 4.97. The highest BCUT2D eigenvalue weighted by molar-refractivity contribution is 6.31. The third kappa shape index (κ3) is 4.96. The molecule has 2 amide bonds. The van der Waals surface area contributed by atoms with Crippen molar-refractivity contribution in [2.75, 3.05) is 7.11 Å². The lowest BCUT2D eigenvalue weighted by molar-refractivity contribution is -0.121. The van der Waals surface area contributed by atoms with Gasteiger partial charge in [0.2, 0.25) is 5.91 Å². The van der Waals surface area contributed by atoms with Crippen LogP contribution in [0.4, 0.5) is 4.39 Å². The van der Waals surface area contributed by atoms with E-state index >= 15 is 0 Å². The molecule has 0 saturated carbocycles. The minimum Gasteiger partial charge on any atom is -0.496 e. The lowest BCUT2D eigenvalue weighted by Gasteiger charge is -2.10. The molecule has 24 heavy (non-hydrogen) atoms. The van der Waals surface area contributed by atoms with Gasteiger partial charge >= 0.3 is 0 Å². The average molecular weight is 351 g/mol. The Balaban J connectivity index is 1.86. The Morgan fingerprint density at radius 2 is 1.83 bits per heavy atom. The van der Waals surface area contributed by atoms with Gasteiger partial charge in [-0.2, -0.15) is 0 Å². The van der Waals surface area contributed by atoms with Crippen molar-refractivity contribution in [1.29, 1.82) is 0 Å². The van der Waals surface area contributed by atoms with Crippen LogP contribution in [0.15, 0.2) is 42.5 Å². The molecule has 0 unspecified atom stereocenters. The Labute approximate surface area is 143 Å². The molecule has 2 rings (SSSR count). The quantitative estimate of drug-likeness (QED) is 0.815. The summed E-state index contributed by atoms with van der Waals surface area (Å²) in [5.41, 5.74) is 5.67. The number of ether oxygens (including phenoxy) is 1. The number of nitrogens with one attached hydrogen (secondary N) is 2. The molecule has 2 aromatic carbocycles. The lowest BCUT2D eigenvalue weighted by atomic mass is 10.1. The number of hydrazine groups is 1. The van der Waals surface area contributed by atoms with E-state index in [9.17, 15) is 14.0 Å². The van der Waals surface area contributed by atoms with Gasteiger partial charge < -0.3 is 4.74 Å². The number of carbonyl (C=O) groups is 2. The number of aryl methyl sites for hydroxylation is 1. The number of carbonyl (C=O) groups excluding carboxylic acids is 2. The maximum Gasteiger partial charge on any atom is 0.273 e. The van der Waals surface area contributed by atoms with Gasteiger partial charge in [0.1, 0.15) is 11.6 Å². The molecule has 7 heteroatoms. The zero-order valence-corrected chi connectivity index (χ0v) is 13.7. The molecule has 0 saturated heterocycles. The van der Waals surface area contributed by atoms with Crippen LogP contribution in [0.3, 0.4) is 0 Å². The Kier molecular flexibility index (Phi) is 6.14. The molecule has 0 bridgehead atoms. The van der Waals surface area contributed by atoms with Crippen LogP contribution in [0.1, 0.15) is 22.3 Å². The fraction of sp³-hybridized carbons (Fsp3) is 0.176. The topological polar surface area (TPSA) is 67.4 Å². The molecular formula is C17H16ClFN2O3. The molecule has 0 heterocycles. The molecular weight excluding hydrogens is 335 g/mol. The number of methoxy groups -OCH3 is 1. The molecule has 126 valence electrons. The van der Waals surface area contributed by atoms with Crippen molar-refractivity contribution >= 4 is 23.4 Å². The predicted molar refractivity (Wildman–Crippen MR) is 88.3 cm³/mol. The first-order valence-electron chi connectivity index (χ1n) is 7.17. The predicted octanol–water partition coefficient (Wildman–Crippen LogP) is 2.88. The van der Waals surface area contributed by atoms with Crippen molar-refractivity contribution in [2.45, 2.75) is 12.8 Å². The number of rotatable bonds is 5. The van der Waals surface area contributed by atoms with Crippen molar-refractivity contribution in [2.24, 2.45) is 0 Å². The van der Waals surface area contributed by atoms with E-state index in [0.717, 1.165) is 5.56 Å². The minimum atomic E-state index is -0.538. The highest BCUT2D eigenvalue weighted by Crippen LogP contribution is 2.22. The summed E-state index contributed by atoms with van der Waals surface area (Å²) < 4.78 is 17.9. The molecule has 0 radical (unpaired) electrons. The van der Waals surface area contributed by atoms with E-state index in [1.165, 1.54) is 25.3 Å². The van der Waals surface area contributed by atoms with Gasteiger partial charge in [-0.25, -0.2) is 4.39 Å². The highest BCUT2D eigenvalue weighted by atomic mass is 35.5. The smallest absolute Gasteiger partial charge is 0.273 e. The fourth-order valence-corrected chi connectivity index (χ4v) is 2.20. The first-order chi connectivity index (χ1) is 11.5. The van der Waals surface area contributed by atoms with Crippen LogP contribution in [0.2, 0.25) is 5.02 Å². The molecule has 0 aliphatic carbocycles. The SMILES string of the molecule is COc1ccc(Cl)cc1C(=O)NNC(=O)CCc1ccc(F)cc1. The number of hydrogen-bond donors (Lipinski definition) is 2. The summed E-state index contributed by atoms with van der Waals surface area (Å²) in [4.78, 5) is 23.9. The molecule has 0 fully saturated rings. The highest BCUT2D eigenvalue weighted by Gasteiger charge is 2.13. The third-order valence-electron chi connectivity index (χ3n) is 3.28. The first-order valence-corrected chi connectivity index (χ1v) is 7.54. The van der Waals surface area contributed by atoms with E-state index in [1.54, 1.807) is 24.3 Å². The number of amides is 2. The maximum atomic E-state index is 12.8. The molecule has 2 aromatic rings. The van der Waals surface area contributed by atoms with E-state index in [4.69, 9.17) is 16.3 Å². The summed E-state index contributed by atoms with van der Waals surface area (Å²) in [5.74, 6) is -0.887. The van der Waals surface area contributed by atoms with Crippen LogP contribution in [0.25, 0.3) is 0 Å². The molecule has 0 aromatic heterocycles. The number of halogens is 2.